The molecule has 3 aromatic carbocycles. The molecule has 0 atom stereocenters. The Morgan fingerprint density at radius 2 is 1.76 bits per heavy atom. The van der Waals surface area contributed by atoms with Gasteiger partial charge in [-0.1, -0.05) is 23.7 Å². The summed E-state index contributed by atoms with van der Waals surface area (Å²) in [5.41, 5.74) is 1.08. The minimum Gasteiger partial charge on any atom is -0.490 e. The number of thioether (sulfide) groups is 1. The van der Waals surface area contributed by atoms with Crippen LogP contribution in [0.4, 0.5) is 9.18 Å². The molecule has 2 amide bonds. The molecule has 0 aliphatic carbocycles. The summed E-state index contributed by atoms with van der Waals surface area (Å²) >= 11 is 9.93. The van der Waals surface area contributed by atoms with Gasteiger partial charge in [-0.3, -0.25) is 14.5 Å². The number of carbonyl (C=O) groups is 2. The van der Waals surface area contributed by atoms with Crippen LogP contribution in [-0.4, -0.2) is 31.1 Å². The van der Waals surface area contributed by atoms with Gasteiger partial charge in [0.2, 0.25) is 0 Å². The fraction of sp³-hybridized carbons (Fsp3) is 0.120. The second-order valence-corrected chi connectivity index (χ2v) is 11.5. The predicted octanol–water partition coefficient (Wildman–Crippen LogP) is 6.64. The number of halogens is 3. The van der Waals surface area contributed by atoms with Crippen LogP contribution in [0.1, 0.15) is 18.1 Å². The Morgan fingerprint density at radius 3 is 2.41 bits per heavy atom. The van der Waals surface area contributed by atoms with Gasteiger partial charge in [0.15, 0.2) is 11.5 Å². The molecule has 3 aromatic rings. The molecule has 12 heteroatoms. The standard InChI is InChI=1S/C25H18BrClFNO6S2/c1-2-34-21-12-16(11-20(26)23(21)35-37(32,33)19-9-5-17(27)6-10-19)13-22-24(30)29(25(31)36-22)14-15-3-7-18(28)8-4-15/h3-13H,2,14H2,1H3/b22-13-. The highest BCUT2D eigenvalue weighted by molar-refractivity contribution is 9.10. The minimum atomic E-state index is -4.20. The SMILES string of the molecule is CCOc1cc(/C=C2\SC(=O)N(Cc3ccc(F)cc3)C2=O)cc(Br)c1OS(=O)(=O)c1ccc(Cl)cc1. The lowest BCUT2D eigenvalue weighted by atomic mass is 10.1. The molecule has 37 heavy (non-hydrogen) atoms. The molecule has 0 aromatic heterocycles. The minimum absolute atomic E-state index is 0.00547. The Labute approximate surface area is 230 Å². The van der Waals surface area contributed by atoms with E-state index in [2.05, 4.69) is 15.9 Å². The van der Waals surface area contributed by atoms with E-state index in [-0.39, 0.29) is 38.9 Å². The van der Waals surface area contributed by atoms with Crippen molar-refractivity contribution >= 4 is 66.6 Å². The lowest BCUT2D eigenvalue weighted by Crippen LogP contribution is -2.27. The highest BCUT2D eigenvalue weighted by atomic mass is 79.9. The predicted molar refractivity (Wildman–Crippen MR) is 142 cm³/mol. The quantitative estimate of drug-likeness (QED) is 0.204. The van der Waals surface area contributed by atoms with Crippen molar-refractivity contribution in [3.63, 3.8) is 0 Å². The van der Waals surface area contributed by atoms with Crippen LogP contribution in [-0.2, 0) is 21.5 Å². The maximum absolute atomic E-state index is 13.2. The topological polar surface area (TPSA) is 90.0 Å². The largest absolute Gasteiger partial charge is 0.490 e. The number of amides is 2. The second kappa shape index (κ2) is 11.3. The van der Waals surface area contributed by atoms with Crippen LogP contribution in [0.5, 0.6) is 11.5 Å². The average Bonchev–Trinajstić information content (AvgIpc) is 3.10. The Hall–Kier alpha value is -2.86. The molecule has 1 aliphatic heterocycles. The summed E-state index contributed by atoms with van der Waals surface area (Å²) in [4.78, 5) is 26.5. The molecular weight excluding hydrogens is 609 g/mol. The van der Waals surface area contributed by atoms with Gasteiger partial charge in [0.25, 0.3) is 11.1 Å². The van der Waals surface area contributed by atoms with E-state index in [0.29, 0.717) is 16.1 Å². The summed E-state index contributed by atoms with van der Waals surface area (Å²) in [6.07, 6.45) is 1.50. The number of hydrogen-bond donors (Lipinski definition) is 0. The molecule has 192 valence electrons. The van der Waals surface area contributed by atoms with Crippen molar-refractivity contribution in [2.24, 2.45) is 0 Å². The molecule has 0 radical (unpaired) electrons. The van der Waals surface area contributed by atoms with E-state index in [4.69, 9.17) is 20.5 Å². The van der Waals surface area contributed by atoms with E-state index in [0.717, 1.165) is 16.7 Å². The monoisotopic (exact) mass is 625 g/mol. The fourth-order valence-electron chi connectivity index (χ4n) is 3.33. The zero-order valence-corrected chi connectivity index (χ0v) is 23.1. The molecule has 0 N–H and O–H groups in total. The fourth-order valence-corrected chi connectivity index (χ4v) is 5.90. The van der Waals surface area contributed by atoms with Crippen molar-refractivity contribution in [2.75, 3.05) is 6.61 Å². The first kappa shape index (κ1) is 27.2. The van der Waals surface area contributed by atoms with Crippen LogP contribution in [0.25, 0.3) is 6.08 Å². The Bertz CT molecular complexity index is 1490. The molecule has 4 rings (SSSR count). The van der Waals surface area contributed by atoms with E-state index in [9.17, 15) is 22.4 Å². The summed E-state index contributed by atoms with van der Waals surface area (Å²) in [6, 6.07) is 14.1. The molecule has 1 aliphatic rings. The second-order valence-electron chi connectivity index (χ2n) is 7.65. The highest BCUT2D eigenvalue weighted by Gasteiger charge is 2.35. The van der Waals surface area contributed by atoms with Gasteiger partial charge in [0.1, 0.15) is 10.7 Å². The Morgan fingerprint density at radius 1 is 1.08 bits per heavy atom. The number of nitrogens with zero attached hydrogens (tertiary/aromatic N) is 1. The van der Waals surface area contributed by atoms with E-state index < -0.39 is 27.1 Å². The molecule has 0 bridgehead atoms. The molecule has 0 spiro atoms. The zero-order valence-electron chi connectivity index (χ0n) is 19.1. The van der Waals surface area contributed by atoms with Crippen molar-refractivity contribution in [2.45, 2.75) is 18.4 Å². The van der Waals surface area contributed by atoms with Gasteiger partial charge in [0, 0.05) is 5.02 Å². The van der Waals surface area contributed by atoms with Crippen LogP contribution >= 0.6 is 39.3 Å². The molecule has 1 fully saturated rings. The lowest BCUT2D eigenvalue weighted by molar-refractivity contribution is -0.123. The van der Waals surface area contributed by atoms with Crippen LogP contribution < -0.4 is 8.92 Å². The van der Waals surface area contributed by atoms with Crippen molar-refractivity contribution in [1.82, 2.24) is 4.90 Å². The summed E-state index contributed by atoms with van der Waals surface area (Å²) in [5.74, 6) is -0.870. The summed E-state index contributed by atoms with van der Waals surface area (Å²) in [5, 5.41) is -0.0831. The third kappa shape index (κ3) is 6.35. The highest BCUT2D eigenvalue weighted by Crippen LogP contribution is 2.41. The van der Waals surface area contributed by atoms with Crippen LogP contribution in [0, 0.1) is 5.82 Å². The number of benzene rings is 3. The normalized spacial score (nSPS) is 14.9. The van der Waals surface area contributed by atoms with Crippen LogP contribution in [0.15, 0.2) is 74.9 Å². The number of imide groups is 1. The Kier molecular flexibility index (Phi) is 8.27. The number of carbonyl (C=O) groups excluding carboxylic acids is 2. The van der Waals surface area contributed by atoms with Gasteiger partial charge < -0.3 is 8.92 Å². The molecule has 1 saturated heterocycles. The summed E-state index contributed by atoms with van der Waals surface area (Å²) in [6.45, 7) is 1.94. The van der Waals surface area contributed by atoms with Gasteiger partial charge in [0.05, 0.1) is 22.5 Å². The van der Waals surface area contributed by atoms with E-state index >= 15 is 0 Å². The first-order valence-corrected chi connectivity index (χ1v) is 14.1. The van der Waals surface area contributed by atoms with Crippen molar-refractivity contribution < 1.29 is 31.3 Å². The smallest absolute Gasteiger partial charge is 0.339 e. The lowest BCUT2D eigenvalue weighted by Gasteiger charge is -2.15. The average molecular weight is 627 g/mol. The first-order chi connectivity index (χ1) is 17.6. The maximum Gasteiger partial charge on any atom is 0.339 e. The van der Waals surface area contributed by atoms with Gasteiger partial charge in [-0.25, -0.2) is 4.39 Å². The van der Waals surface area contributed by atoms with Crippen molar-refractivity contribution in [3.05, 3.63) is 92.0 Å². The molecule has 0 saturated carbocycles. The van der Waals surface area contributed by atoms with Gasteiger partial charge in [-0.05, 0) is 100 Å². The third-order valence-electron chi connectivity index (χ3n) is 5.05. The first-order valence-electron chi connectivity index (χ1n) is 10.7. The Balaban J connectivity index is 1.61. The number of ether oxygens (including phenoxy) is 1. The van der Waals surface area contributed by atoms with Gasteiger partial charge >= 0.3 is 10.1 Å². The van der Waals surface area contributed by atoms with Gasteiger partial charge in [-0.2, -0.15) is 8.42 Å². The molecule has 0 unspecified atom stereocenters. The summed E-state index contributed by atoms with van der Waals surface area (Å²) < 4.78 is 50.0. The molecular formula is C25H18BrClFNO6S2. The molecule has 1 heterocycles. The van der Waals surface area contributed by atoms with Crippen LogP contribution in [0.3, 0.4) is 0 Å². The van der Waals surface area contributed by atoms with Crippen LogP contribution in [0.2, 0.25) is 5.02 Å². The van der Waals surface area contributed by atoms with Crippen molar-refractivity contribution in [1.29, 1.82) is 0 Å². The van der Waals surface area contributed by atoms with E-state index in [1.54, 1.807) is 13.0 Å². The number of rotatable bonds is 8. The van der Waals surface area contributed by atoms with E-state index in [1.165, 1.54) is 60.7 Å². The maximum atomic E-state index is 13.2. The zero-order chi connectivity index (χ0) is 26.7. The third-order valence-corrected chi connectivity index (χ3v) is 8.04. The number of hydrogen-bond acceptors (Lipinski definition) is 7. The van der Waals surface area contributed by atoms with Gasteiger partial charge in [-0.15, -0.1) is 0 Å². The van der Waals surface area contributed by atoms with E-state index in [1.807, 2.05) is 0 Å². The van der Waals surface area contributed by atoms with Crippen molar-refractivity contribution in [3.8, 4) is 11.5 Å². The summed E-state index contributed by atoms with van der Waals surface area (Å²) in [7, 11) is -4.20. The molecule has 7 nitrogen and oxygen atoms in total.